The van der Waals surface area contributed by atoms with E-state index in [1.165, 1.54) is 0 Å². The summed E-state index contributed by atoms with van der Waals surface area (Å²) in [5.41, 5.74) is 1.86. The Morgan fingerprint density at radius 2 is 2.15 bits per heavy atom. The maximum atomic E-state index is 9.15. The number of benzene rings is 1. The van der Waals surface area contributed by atoms with Gasteiger partial charge >= 0.3 is 0 Å². The molecule has 0 aliphatic carbocycles. The number of phenols is 1. The quantitative estimate of drug-likeness (QED) is 0.472. The van der Waals surface area contributed by atoms with Crippen molar-refractivity contribution in [1.82, 2.24) is 5.32 Å². The van der Waals surface area contributed by atoms with Crippen molar-refractivity contribution in [3.05, 3.63) is 23.8 Å². The van der Waals surface area contributed by atoms with Gasteiger partial charge in [-0.3, -0.25) is 0 Å². The van der Waals surface area contributed by atoms with Gasteiger partial charge in [-0.2, -0.15) is 0 Å². The van der Waals surface area contributed by atoms with E-state index in [9.17, 15) is 0 Å². The van der Waals surface area contributed by atoms with Gasteiger partial charge in [0.2, 0.25) is 0 Å². The molecule has 0 saturated heterocycles. The topological polar surface area (TPSA) is 44.3 Å². The van der Waals surface area contributed by atoms with Crippen LogP contribution in [0.15, 0.2) is 18.2 Å². The van der Waals surface area contributed by atoms with Crippen LogP contribution in [0.4, 0.5) is 5.69 Å². The molecule has 1 rings (SSSR count). The van der Waals surface area contributed by atoms with Gasteiger partial charge in [-0.1, -0.05) is 0 Å². The van der Waals surface area contributed by atoms with Crippen LogP contribution in [-0.2, 0) is 0 Å². The van der Waals surface area contributed by atoms with Crippen LogP contribution in [0.1, 0.15) is 5.56 Å². The van der Waals surface area contributed by atoms with E-state index in [1.54, 1.807) is 25.2 Å². The lowest BCUT2D eigenvalue weighted by molar-refractivity contribution is 0.475. The summed E-state index contributed by atoms with van der Waals surface area (Å²) >= 11 is 4.95. The number of anilines is 1. The third kappa shape index (κ3) is 2.59. The van der Waals surface area contributed by atoms with Gasteiger partial charge in [-0.25, -0.2) is 0 Å². The molecule has 3 nitrogen and oxygen atoms in total. The fraction of sp³-hybridized carbons (Fsp3) is 0.222. The molecule has 0 spiro atoms. The molecule has 0 saturated carbocycles. The summed E-state index contributed by atoms with van der Waals surface area (Å²) in [5.74, 6) is 0.262. The van der Waals surface area contributed by atoms with E-state index in [0.717, 1.165) is 11.3 Å². The summed E-state index contributed by atoms with van der Waals surface area (Å²) in [4.78, 5) is 0. The van der Waals surface area contributed by atoms with Gasteiger partial charge in [-0.15, -0.1) is 0 Å². The number of hydrogen-bond acceptors (Lipinski definition) is 2. The van der Waals surface area contributed by atoms with E-state index >= 15 is 0 Å². The standard InChI is InChI=1S/C9H12N2OS/c1-6-5-7(12)3-4-8(6)11-9(13)10-2/h3-5,12H,1-2H3,(H2,10,11,13). The van der Waals surface area contributed by atoms with E-state index in [-0.39, 0.29) is 5.75 Å². The molecule has 0 unspecified atom stereocenters. The molecule has 4 heteroatoms. The lowest BCUT2D eigenvalue weighted by Crippen LogP contribution is -2.24. The molecular weight excluding hydrogens is 184 g/mol. The molecule has 0 aromatic heterocycles. The first-order chi connectivity index (χ1) is 6.13. The molecule has 0 radical (unpaired) electrons. The first-order valence-electron chi connectivity index (χ1n) is 3.92. The van der Waals surface area contributed by atoms with Crippen molar-refractivity contribution >= 4 is 23.0 Å². The Labute approximate surface area is 82.8 Å². The highest BCUT2D eigenvalue weighted by Crippen LogP contribution is 2.19. The zero-order chi connectivity index (χ0) is 9.84. The monoisotopic (exact) mass is 196 g/mol. The Morgan fingerprint density at radius 1 is 1.46 bits per heavy atom. The fourth-order valence-corrected chi connectivity index (χ4v) is 1.08. The second kappa shape index (κ2) is 4.09. The average molecular weight is 196 g/mol. The number of nitrogens with one attached hydrogen (secondary N) is 2. The molecule has 0 heterocycles. The van der Waals surface area contributed by atoms with Crippen LogP contribution in [0.25, 0.3) is 0 Å². The Kier molecular flexibility index (Phi) is 3.08. The molecule has 0 fully saturated rings. The van der Waals surface area contributed by atoms with E-state index in [2.05, 4.69) is 10.6 Å². The summed E-state index contributed by atoms with van der Waals surface area (Å²) in [7, 11) is 1.76. The summed E-state index contributed by atoms with van der Waals surface area (Å²) < 4.78 is 0. The molecule has 13 heavy (non-hydrogen) atoms. The third-order valence-corrected chi connectivity index (χ3v) is 1.99. The van der Waals surface area contributed by atoms with Gasteiger partial charge in [0, 0.05) is 12.7 Å². The van der Waals surface area contributed by atoms with Crippen LogP contribution >= 0.6 is 12.2 Å². The van der Waals surface area contributed by atoms with E-state index < -0.39 is 0 Å². The minimum Gasteiger partial charge on any atom is -0.508 e. The van der Waals surface area contributed by atoms with Crippen molar-refractivity contribution in [2.45, 2.75) is 6.92 Å². The summed E-state index contributed by atoms with van der Waals surface area (Å²) in [5, 5.41) is 15.5. The second-order valence-electron chi connectivity index (χ2n) is 2.70. The van der Waals surface area contributed by atoms with Crippen LogP contribution in [0.3, 0.4) is 0 Å². The normalized spacial score (nSPS) is 9.38. The molecular formula is C9H12N2OS. The maximum absolute atomic E-state index is 9.15. The zero-order valence-electron chi connectivity index (χ0n) is 7.59. The third-order valence-electron chi connectivity index (χ3n) is 1.69. The Balaban J connectivity index is 2.83. The zero-order valence-corrected chi connectivity index (χ0v) is 8.40. The lowest BCUT2D eigenvalue weighted by Gasteiger charge is -2.09. The minimum absolute atomic E-state index is 0.262. The summed E-state index contributed by atoms with van der Waals surface area (Å²) in [6.07, 6.45) is 0. The molecule has 0 bridgehead atoms. The van der Waals surface area contributed by atoms with Crippen molar-refractivity contribution in [1.29, 1.82) is 0 Å². The number of thiocarbonyl (C=S) groups is 1. The molecule has 0 aliphatic heterocycles. The maximum Gasteiger partial charge on any atom is 0.170 e. The largest absolute Gasteiger partial charge is 0.508 e. The first kappa shape index (κ1) is 9.80. The van der Waals surface area contributed by atoms with Gasteiger partial charge in [0.05, 0.1) is 0 Å². The predicted octanol–water partition coefficient (Wildman–Crippen LogP) is 1.62. The van der Waals surface area contributed by atoms with E-state index in [1.807, 2.05) is 6.92 Å². The van der Waals surface area contributed by atoms with Crippen LogP contribution in [-0.4, -0.2) is 17.3 Å². The number of aryl methyl sites for hydroxylation is 1. The lowest BCUT2D eigenvalue weighted by atomic mass is 10.2. The average Bonchev–Trinajstić information content (AvgIpc) is 2.09. The number of rotatable bonds is 1. The Bertz CT molecular complexity index is 325. The molecule has 3 N–H and O–H groups in total. The van der Waals surface area contributed by atoms with Crippen molar-refractivity contribution in [3.8, 4) is 5.75 Å². The SMILES string of the molecule is CNC(=S)Nc1ccc(O)cc1C. The minimum atomic E-state index is 0.262. The van der Waals surface area contributed by atoms with Gasteiger partial charge in [-0.05, 0) is 42.9 Å². The van der Waals surface area contributed by atoms with E-state index in [4.69, 9.17) is 17.3 Å². The Hall–Kier alpha value is -1.29. The van der Waals surface area contributed by atoms with Gasteiger partial charge in [0.25, 0.3) is 0 Å². The van der Waals surface area contributed by atoms with Crippen LogP contribution < -0.4 is 10.6 Å². The first-order valence-corrected chi connectivity index (χ1v) is 4.32. The fourth-order valence-electron chi connectivity index (χ4n) is 0.973. The predicted molar refractivity (Wildman–Crippen MR) is 58.1 cm³/mol. The van der Waals surface area contributed by atoms with Gasteiger partial charge in [0.15, 0.2) is 5.11 Å². The highest BCUT2D eigenvalue weighted by Gasteiger charge is 1.99. The summed E-state index contributed by atoms with van der Waals surface area (Å²) in [6, 6.07) is 5.09. The number of phenolic OH excluding ortho intramolecular Hbond substituents is 1. The molecule has 0 aliphatic rings. The van der Waals surface area contributed by atoms with Crippen molar-refractivity contribution in [2.24, 2.45) is 0 Å². The molecule has 1 aromatic carbocycles. The van der Waals surface area contributed by atoms with Crippen molar-refractivity contribution in [2.75, 3.05) is 12.4 Å². The highest BCUT2D eigenvalue weighted by molar-refractivity contribution is 7.80. The molecule has 0 atom stereocenters. The van der Waals surface area contributed by atoms with Crippen LogP contribution in [0.5, 0.6) is 5.75 Å². The van der Waals surface area contributed by atoms with E-state index in [0.29, 0.717) is 5.11 Å². The summed E-state index contributed by atoms with van der Waals surface area (Å²) in [6.45, 7) is 1.90. The number of hydrogen-bond donors (Lipinski definition) is 3. The molecule has 1 aromatic rings. The highest BCUT2D eigenvalue weighted by atomic mass is 32.1. The smallest absolute Gasteiger partial charge is 0.170 e. The van der Waals surface area contributed by atoms with Gasteiger partial charge in [0.1, 0.15) is 5.75 Å². The Morgan fingerprint density at radius 3 is 2.69 bits per heavy atom. The van der Waals surface area contributed by atoms with Gasteiger partial charge < -0.3 is 15.7 Å². The van der Waals surface area contributed by atoms with Crippen LogP contribution in [0.2, 0.25) is 0 Å². The van der Waals surface area contributed by atoms with Crippen LogP contribution in [0, 0.1) is 6.92 Å². The second-order valence-corrected chi connectivity index (χ2v) is 3.11. The molecule has 70 valence electrons. The molecule has 0 amide bonds. The number of aromatic hydroxyl groups is 1. The van der Waals surface area contributed by atoms with Crippen molar-refractivity contribution in [3.63, 3.8) is 0 Å². The van der Waals surface area contributed by atoms with Crippen molar-refractivity contribution < 1.29 is 5.11 Å².